The Hall–Kier alpha value is -3.82. The van der Waals surface area contributed by atoms with E-state index in [1.165, 1.54) is 0 Å². The van der Waals surface area contributed by atoms with Crippen LogP contribution in [0.5, 0.6) is 0 Å². The summed E-state index contributed by atoms with van der Waals surface area (Å²) >= 11 is 0. The van der Waals surface area contributed by atoms with Gasteiger partial charge in [0.25, 0.3) is 0 Å². The Balaban J connectivity index is 1.39. The molecule has 0 spiro atoms. The Labute approximate surface area is 190 Å². The van der Waals surface area contributed by atoms with Crippen LogP contribution in [0, 0.1) is 0 Å². The summed E-state index contributed by atoms with van der Waals surface area (Å²) < 4.78 is 11.1. The maximum Gasteiger partial charge on any atom is 0.227 e. The Morgan fingerprint density at radius 2 is 1.64 bits per heavy atom. The van der Waals surface area contributed by atoms with Crippen LogP contribution in [0.1, 0.15) is 18.4 Å². The summed E-state index contributed by atoms with van der Waals surface area (Å²) in [6.07, 6.45) is 7.22. The first-order chi connectivity index (χ1) is 16.1. The monoisotopic (exact) mass is 444 g/mol. The van der Waals surface area contributed by atoms with Gasteiger partial charge in [0.05, 0.1) is 0 Å². The van der Waals surface area contributed by atoms with Gasteiger partial charge in [-0.3, -0.25) is 4.98 Å². The average Bonchev–Trinajstić information content (AvgIpc) is 3.34. The van der Waals surface area contributed by atoms with E-state index in [0.717, 1.165) is 22.3 Å². The highest BCUT2D eigenvalue weighted by molar-refractivity contribution is 5.63. The smallest absolute Gasteiger partial charge is 0.227 e. The molecule has 4 heterocycles. The topological polar surface area (TPSA) is 132 Å². The normalized spacial score (nSPS) is 16.3. The van der Waals surface area contributed by atoms with Crippen LogP contribution < -0.4 is 11.1 Å². The molecule has 1 aromatic carbocycles. The van der Waals surface area contributed by atoms with Crippen molar-refractivity contribution in [2.24, 2.45) is 0 Å². The highest BCUT2D eigenvalue weighted by Gasteiger charge is 2.42. The average molecular weight is 444 g/mol. The van der Waals surface area contributed by atoms with Gasteiger partial charge in [0.2, 0.25) is 11.8 Å². The number of nitrogen functional groups attached to an aromatic ring is 1. The molecule has 0 amide bonds. The lowest BCUT2D eigenvalue weighted by molar-refractivity contribution is -0.00572. The van der Waals surface area contributed by atoms with E-state index in [1.54, 1.807) is 30.9 Å². The minimum Gasteiger partial charge on any atom is -0.381 e. The van der Waals surface area contributed by atoms with Gasteiger partial charge in [-0.2, -0.15) is 0 Å². The number of benzene rings is 1. The SMILES string of the molecule is Nc1ncc(-c2ccc(C3(C(O)Nc4cc(-c5ccncc5)no4)CCOCC3)cc2)cn1. The van der Waals surface area contributed by atoms with Crippen molar-refractivity contribution in [1.82, 2.24) is 20.1 Å². The third-order valence-electron chi connectivity index (χ3n) is 6.14. The largest absolute Gasteiger partial charge is 0.381 e. The first-order valence-electron chi connectivity index (χ1n) is 10.7. The quantitative estimate of drug-likeness (QED) is 0.383. The van der Waals surface area contributed by atoms with Crippen molar-refractivity contribution in [3.8, 4) is 22.4 Å². The number of pyridine rings is 1. The third kappa shape index (κ3) is 4.28. The number of rotatable bonds is 6. The summed E-state index contributed by atoms with van der Waals surface area (Å²) in [7, 11) is 0. The second kappa shape index (κ2) is 8.97. The molecule has 168 valence electrons. The number of aliphatic hydroxyl groups is 1. The molecule has 0 bridgehead atoms. The van der Waals surface area contributed by atoms with Gasteiger partial charge in [-0.25, -0.2) is 9.97 Å². The standard InChI is InChI=1S/C24H24N6O3/c25-23-27-14-18(15-28-23)16-1-3-19(4-2-16)24(7-11-32-12-8-24)22(31)29-21-13-20(30-33-21)17-5-9-26-10-6-17/h1-6,9-10,13-15,22,29,31H,7-8,11-12H2,(H2,25,27,28). The molecule has 9 nitrogen and oxygen atoms in total. The number of hydrogen-bond acceptors (Lipinski definition) is 9. The Morgan fingerprint density at radius 3 is 2.33 bits per heavy atom. The zero-order chi connectivity index (χ0) is 22.7. The number of aromatic nitrogens is 4. The number of aliphatic hydroxyl groups excluding tert-OH is 1. The van der Waals surface area contributed by atoms with Crippen molar-refractivity contribution in [1.29, 1.82) is 0 Å². The fraction of sp³-hybridized carbons (Fsp3) is 0.250. The Morgan fingerprint density at radius 1 is 0.939 bits per heavy atom. The molecular formula is C24H24N6O3. The van der Waals surface area contributed by atoms with Crippen molar-refractivity contribution < 1.29 is 14.4 Å². The first kappa shape index (κ1) is 21.0. The van der Waals surface area contributed by atoms with Crippen LogP contribution in [0.4, 0.5) is 11.8 Å². The van der Waals surface area contributed by atoms with E-state index >= 15 is 0 Å². The third-order valence-corrected chi connectivity index (χ3v) is 6.14. The molecular weight excluding hydrogens is 420 g/mol. The molecule has 1 atom stereocenters. The zero-order valence-corrected chi connectivity index (χ0v) is 17.9. The van der Waals surface area contributed by atoms with Crippen LogP contribution in [0.2, 0.25) is 0 Å². The van der Waals surface area contributed by atoms with E-state index in [2.05, 4.69) is 25.4 Å². The summed E-state index contributed by atoms with van der Waals surface area (Å²) in [4.78, 5) is 12.1. The fourth-order valence-electron chi connectivity index (χ4n) is 4.21. The minimum atomic E-state index is -0.898. The summed E-state index contributed by atoms with van der Waals surface area (Å²) in [5.74, 6) is 0.640. The first-order valence-corrected chi connectivity index (χ1v) is 10.7. The van der Waals surface area contributed by atoms with E-state index in [0.29, 0.717) is 37.6 Å². The van der Waals surface area contributed by atoms with Gasteiger partial charge in [0.15, 0.2) is 0 Å². The van der Waals surface area contributed by atoms with Gasteiger partial charge >= 0.3 is 0 Å². The second-order valence-electron chi connectivity index (χ2n) is 8.03. The van der Waals surface area contributed by atoms with Gasteiger partial charge in [-0.1, -0.05) is 29.4 Å². The number of nitrogens with two attached hydrogens (primary N) is 1. The van der Waals surface area contributed by atoms with E-state index < -0.39 is 11.6 Å². The molecule has 1 aliphatic rings. The van der Waals surface area contributed by atoms with Gasteiger partial charge < -0.3 is 25.4 Å². The zero-order valence-electron chi connectivity index (χ0n) is 17.9. The molecule has 4 N–H and O–H groups in total. The molecule has 1 unspecified atom stereocenters. The predicted octanol–water partition coefficient (Wildman–Crippen LogP) is 3.25. The fourth-order valence-corrected chi connectivity index (χ4v) is 4.21. The number of nitrogens with one attached hydrogen (secondary N) is 1. The lowest BCUT2D eigenvalue weighted by Gasteiger charge is -2.41. The molecule has 0 saturated carbocycles. The van der Waals surface area contributed by atoms with Crippen LogP contribution in [0.25, 0.3) is 22.4 Å². The summed E-state index contributed by atoms with van der Waals surface area (Å²) in [5, 5.41) is 18.6. The Bertz CT molecular complexity index is 1190. The molecule has 4 aromatic rings. The lowest BCUT2D eigenvalue weighted by atomic mass is 9.72. The van der Waals surface area contributed by atoms with Gasteiger partial charge in [-0.05, 0) is 36.1 Å². The molecule has 5 rings (SSSR count). The molecule has 0 radical (unpaired) electrons. The van der Waals surface area contributed by atoms with Crippen molar-refractivity contribution in [2.45, 2.75) is 24.5 Å². The van der Waals surface area contributed by atoms with E-state index in [4.69, 9.17) is 15.0 Å². The van der Waals surface area contributed by atoms with E-state index in [-0.39, 0.29) is 5.95 Å². The molecule has 3 aromatic heterocycles. The molecule has 1 saturated heterocycles. The van der Waals surface area contributed by atoms with Gasteiger partial charge in [-0.15, -0.1) is 0 Å². The molecule has 33 heavy (non-hydrogen) atoms. The summed E-state index contributed by atoms with van der Waals surface area (Å²) in [6.45, 7) is 1.12. The highest BCUT2D eigenvalue weighted by atomic mass is 16.5. The molecule has 9 heteroatoms. The summed E-state index contributed by atoms with van der Waals surface area (Å²) in [5.41, 5.74) is 9.47. The van der Waals surface area contributed by atoms with Gasteiger partial charge in [0, 0.05) is 60.6 Å². The molecule has 1 fully saturated rings. The van der Waals surface area contributed by atoms with Crippen molar-refractivity contribution in [3.63, 3.8) is 0 Å². The van der Waals surface area contributed by atoms with Crippen molar-refractivity contribution in [2.75, 3.05) is 24.3 Å². The van der Waals surface area contributed by atoms with Crippen LogP contribution >= 0.6 is 0 Å². The number of ether oxygens (including phenoxy) is 1. The van der Waals surface area contributed by atoms with Crippen LogP contribution in [-0.2, 0) is 10.2 Å². The number of anilines is 2. The maximum atomic E-state index is 11.3. The molecule has 1 aliphatic heterocycles. The molecule has 0 aliphatic carbocycles. The second-order valence-corrected chi connectivity index (χ2v) is 8.03. The van der Waals surface area contributed by atoms with Crippen molar-refractivity contribution >= 4 is 11.8 Å². The van der Waals surface area contributed by atoms with Crippen molar-refractivity contribution in [3.05, 3.63) is 72.8 Å². The van der Waals surface area contributed by atoms with Crippen LogP contribution in [-0.4, -0.2) is 44.7 Å². The maximum absolute atomic E-state index is 11.3. The highest BCUT2D eigenvalue weighted by Crippen LogP contribution is 2.39. The minimum absolute atomic E-state index is 0.241. The van der Waals surface area contributed by atoms with E-state index in [9.17, 15) is 5.11 Å². The van der Waals surface area contributed by atoms with E-state index in [1.807, 2.05) is 36.4 Å². The van der Waals surface area contributed by atoms with Crippen LogP contribution in [0.3, 0.4) is 0 Å². The summed E-state index contributed by atoms with van der Waals surface area (Å²) in [6, 6.07) is 13.6. The van der Waals surface area contributed by atoms with Gasteiger partial charge in [0.1, 0.15) is 11.9 Å². The lowest BCUT2D eigenvalue weighted by Crippen LogP contribution is -2.48. The van der Waals surface area contributed by atoms with Crippen LogP contribution in [0.15, 0.2) is 71.8 Å². The predicted molar refractivity (Wildman–Crippen MR) is 123 cm³/mol. The number of nitrogens with zero attached hydrogens (tertiary/aromatic N) is 4. The Kier molecular flexibility index (Phi) is 5.72. The number of hydrogen-bond donors (Lipinski definition) is 3.